The van der Waals surface area contributed by atoms with Gasteiger partial charge < -0.3 is 0 Å². The molecule has 29 heavy (non-hydrogen) atoms. The van der Waals surface area contributed by atoms with E-state index in [2.05, 4.69) is 4.98 Å². The fourth-order valence-corrected chi connectivity index (χ4v) is 4.09. The van der Waals surface area contributed by atoms with Crippen LogP contribution in [0.15, 0.2) is 53.6 Å². The van der Waals surface area contributed by atoms with Crippen LogP contribution in [0.5, 0.6) is 0 Å². The maximum absolute atomic E-state index is 12.7. The van der Waals surface area contributed by atoms with E-state index in [0.717, 1.165) is 22.9 Å². The summed E-state index contributed by atoms with van der Waals surface area (Å²) in [7, 11) is -3.75. The molecule has 0 spiro atoms. The van der Waals surface area contributed by atoms with Gasteiger partial charge in [-0.05, 0) is 36.6 Å². The number of fused-ring (bicyclic) bond motifs is 1. The quantitative estimate of drug-likeness (QED) is 0.467. The summed E-state index contributed by atoms with van der Waals surface area (Å²) in [5.41, 5.74) is 4.64. The van der Waals surface area contributed by atoms with Crippen molar-refractivity contribution in [1.29, 1.82) is 0 Å². The summed E-state index contributed by atoms with van der Waals surface area (Å²) < 4.78 is 24.8. The third-order valence-electron chi connectivity index (χ3n) is 4.76. The zero-order chi connectivity index (χ0) is 21.2. The van der Waals surface area contributed by atoms with Gasteiger partial charge in [0.2, 0.25) is 0 Å². The molecule has 0 radical (unpaired) electrons. The number of sulfone groups is 1. The Labute approximate surface area is 167 Å². The number of amides is 1. The number of nitrogens with zero attached hydrogens (tertiary/aromatic N) is 2. The lowest BCUT2D eigenvalue weighted by Gasteiger charge is -2.14. The van der Waals surface area contributed by atoms with Gasteiger partial charge in [0, 0.05) is 12.8 Å². The van der Waals surface area contributed by atoms with E-state index in [1.165, 1.54) is 16.4 Å². The van der Waals surface area contributed by atoms with Crippen molar-refractivity contribution in [3.63, 3.8) is 0 Å². The van der Waals surface area contributed by atoms with Gasteiger partial charge in [0.25, 0.3) is 11.5 Å². The first-order valence-electron chi connectivity index (χ1n) is 8.90. The normalized spacial score (nSPS) is 12.7. The summed E-state index contributed by atoms with van der Waals surface area (Å²) in [6.07, 6.45) is 2.07. The predicted molar refractivity (Wildman–Crippen MR) is 109 cm³/mol. The molecule has 1 heterocycles. The van der Waals surface area contributed by atoms with Gasteiger partial charge in [0.15, 0.2) is 9.84 Å². The van der Waals surface area contributed by atoms with Crippen LogP contribution in [0, 0.1) is 6.92 Å². The fourth-order valence-electron chi connectivity index (χ4n) is 3.11. The number of aryl methyl sites for hydroxylation is 2. The van der Waals surface area contributed by atoms with Crippen LogP contribution in [0.2, 0.25) is 0 Å². The van der Waals surface area contributed by atoms with Crippen LogP contribution >= 0.6 is 0 Å². The van der Waals surface area contributed by atoms with E-state index < -0.39 is 21.0 Å². The largest absolute Gasteiger partial charge is 0.299 e. The standard InChI is InChI=1S/C20H21N3O5S/c1-13-3-5-14(6-4-13)15-7-8-16-17(11-15)21-12-23(20(16)25)10-9-18(19(24)22-26)29(2,27)28/h3-8,11-12,18,26H,9-10H2,1-2H3,(H,22,24). The molecule has 0 fully saturated rings. The molecule has 0 aliphatic heterocycles. The van der Waals surface area contributed by atoms with Crippen molar-refractivity contribution in [3.8, 4) is 11.1 Å². The molecule has 1 atom stereocenters. The average Bonchev–Trinajstić information content (AvgIpc) is 2.68. The molecule has 1 amide bonds. The highest BCUT2D eigenvalue weighted by Gasteiger charge is 2.28. The summed E-state index contributed by atoms with van der Waals surface area (Å²) in [5, 5.41) is 7.69. The molecule has 0 saturated heterocycles. The Morgan fingerprint density at radius 3 is 2.45 bits per heavy atom. The van der Waals surface area contributed by atoms with E-state index in [0.29, 0.717) is 10.9 Å². The van der Waals surface area contributed by atoms with Crippen LogP contribution in [-0.2, 0) is 21.2 Å². The Balaban J connectivity index is 1.90. The molecule has 0 aliphatic carbocycles. The van der Waals surface area contributed by atoms with Gasteiger partial charge in [-0.3, -0.25) is 19.4 Å². The van der Waals surface area contributed by atoms with Crippen LogP contribution in [0.1, 0.15) is 12.0 Å². The minimum Gasteiger partial charge on any atom is -0.299 e. The zero-order valence-electron chi connectivity index (χ0n) is 16.0. The van der Waals surface area contributed by atoms with Crippen LogP contribution in [0.25, 0.3) is 22.0 Å². The van der Waals surface area contributed by atoms with Crippen molar-refractivity contribution < 1.29 is 18.4 Å². The van der Waals surface area contributed by atoms with E-state index in [9.17, 15) is 18.0 Å². The molecule has 1 unspecified atom stereocenters. The van der Waals surface area contributed by atoms with Gasteiger partial charge >= 0.3 is 0 Å². The minimum absolute atomic E-state index is 0.0351. The zero-order valence-corrected chi connectivity index (χ0v) is 16.8. The summed E-state index contributed by atoms with van der Waals surface area (Å²) >= 11 is 0. The highest BCUT2D eigenvalue weighted by Crippen LogP contribution is 2.22. The Kier molecular flexibility index (Phi) is 5.81. The van der Waals surface area contributed by atoms with Crippen LogP contribution in [0.3, 0.4) is 0 Å². The molecular formula is C20H21N3O5S. The highest BCUT2D eigenvalue weighted by atomic mass is 32.2. The monoisotopic (exact) mass is 415 g/mol. The molecule has 2 N–H and O–H groups in total. The van der Waals surface area contributed by atoms with Crippen molar-refractivity contribution >= 4 is 26.6 Å². The van der Waals surface area contributed by atoms with Crippen molar-refractivity contribution in [2.75, 3.05) is 6.26 Å². The summed E-state index contributed by atoms with van der Waals surface area (Å²) in [6, 6.07) is 13.3. The maximum atomic E-state index is 12.7. The molecule has 3 aromatic rings. The van der Waals surface area contributed by atoms with Gasteiger partial charge in [-0.25, -0.2) is 18.9 Å². The maximum Gasteiger partial charge on any atom is 0.261 e. The molecule has 0 bridgehead atoms. The van der Waals surface area contributed by atoms with Crippen molar-refractivity contribution in [2.24, 2.45) is 0 Å². The van der Waals surface area contributed by atoms with E-state index in [1.807, 2.05) is 43.3 Å². The fraction of sp³-hybridized carbons (Fsp3) is 0.250. The van der Waals surface area contributed by atoms with Gasteiger partial charge in [0.1, 0.15) is 5.25 Å². The number of nitrogens with one attached hydrogen (secondary N) is 1. The minimum atomic E-state index is -3.75. The Hall–Kier alpha value is -3.04. The predicted octanol–water partition coefficient (Wildman–Crippen LogP) is 1.68. The lowest BCUT2D eigenvalue weighted by atomic mass is 10.0. The molecular weight excluding hydrogens is 394 g/mol. The summed E-state index contributed by atoms with van der Waals surface area (Å²) in [4.78, 5) is 28.7. The van der Waals surface area contributed by atoms with Crippen molar-refractivity contribution in [1.82, 2.24) is 15.0 Å². The van der Waals surface area contributed by atoms with Crippen LogP contribution in [-0.4, -0.2) is 40.6 Å². The third-order valence-corrected chi connectivity index (χ3v) is 6.25. The van der Waals surface area contributed by atoms with E-state index in [-0.39, 0.29) is 18.5 Å². The lowest BCUT2D eigenvalue weighted by Crippen LogP contribution is -2.39. The first-order valence-corrected chi connectivity index (χ1v) is 10.8. The summed E-state index contributed by atoms with van der Waals surface area (Å²) in [5.74, 6) is -1.03. The first-order chi connectivity index (χ1) is 13.7. The molecule has 8 nitrogen and oxygen atoms in total. The third kappa shape index (κ3) is 4.52. The molecule has 3 rings (SSSR count). The lowest BCUT2D eigenvalue weighted by molar-refractivity contribution is -0.128. The number of rotatable bonds is 6. The van der Waals surface area contributed by atoms with Gasteiger partial charge in [-0.1, -0.05) is 35.9 Å². The smallest absolute Gasteiger partial charge is 0.261 e. The molecule has 2 aromatic carbocycles. The highest BCUT2D eigenvalue weighted by molar-refractivity contribution is 7.92. The van der Waals surface area contributed by atoms with Gasteiger partial charge in [-0.15, -0.1) is 0 Å². The summed E-state index contributed by atoms with van der Waals surface area (Å²) in [6.45, 7) is 1.97. The Bertz CT molecular complexity index is 1220. The second kappa shape index (κ2) is 8.14. The number of carbonyl (C=O) groups excluding carboxylic acids is 1. The Morgan fingerprint density at radius 2 is 1.83 bits per heavy atom. The topological polar surface area (TPSA) is 118 Å². The number of carbonyl (C=O) groups is 1. The molecule has 0 saturated carbocycles. The molecule has 152 valence electrons. The van der Waals surface area contributed by atoms with Crippen molar-refractivity contribution in [3.05, 3.63) is 64.7 Å². The van der Waals surface area contributed by atoms with Gasteiger partial charge in [0.05, 0.1) is 17.2 Å². The van der Waals surface area contributed by atoms with Gasteiger partial charge in [-0.2, -0.15) is 0 Å². The number of benzene rings is 2. The number of hydroxylamine groups is 1. The average molecular weight is 415 g/mol. The molecule has 9 heteroatoms. The molecule has 0 aliphatic rings. The number of aromatic nitrogens is 2. The van der Waals surface area contributed by atoms with Crippen molar-refractivity contribution in [2.45, 2.75) is 25.1 Å². The number of hydrogen-bond donors (Lipinski definition) is 2. The second-order valence-electron chi connectivity index (χ2n) is 6.92. The van der Waals surface area contributed by atoms with Crippen LogP contribution < -0.4 is 11.0 Å². The SMILES string of the molecule is Cc1ccc(-c2ccc3c(=O)n(CCC(C(=O)NO)S(C)(=O)=O)cnc3c2)cc1. The van der Waals surface area contributed by atoms with E-state index >= 15 is 0 Å². The Morgan fingerprint density at radius 1 is 1.17 bits per heavy atom. The molecule has 1 aromatic heterocycles. The number of hydrogen-bond acceptors (Lipinski definition) is 6. The van der Waals surface area contributed by atoms with E-state index in [1.54, 1.807) is 6.07 Å². The first kappa shape index (κ1) is 20.7. The van der Waals surface area contributed by atoms with Crippen LogP contribution in [0.4, 0.5) is 0 Å². The second-order valence-corrected chi connectivity index (χ2v) is 9.15. The van der Waals surface area contributed by atoms with E-state index in [4.69, 9.17) is 5.21 Å².